The maximum absolute atomic E-state index is 13.8. The van der Waals surface area contributed by atoms with E-state index in [9.17, 15) is 4.79 Å². The van der Waals surface area contributed by atoms with E-state index >= 15 is 0 Å². The highest BCUT2D eigenvalue weighted by Gasteiger charge is 2.31. The number of pyridine rings is 1. The Morgan fingerprint density at radius 1 is 0.982 bits per heavy atom. The number of hydrogen-bond donors (Lipinski definition) is 2. The first-order valence-corrected chi connectivity index (χ1v) is 19.7. The molecule has 8 rings (SSSR count). The Balaban J connectivity index is 0.972. The van der Waals surface area contributed by atoms with Crippen molar-refractivity contribution < 1.29 is 19.0 Å². The molecule has 3 atom stereocenters. The minimum Gasteiger partial charge on any atom is -0.491 e. The van der Waals surface area contributed by atoms with Gasteiger partial charge in [-0.05, 0) is 74.7 Å². The molecule has 2 aromatic carbocycles. The highest BCUT2D eigenvalue weighted by molar-refractivity contribution is 6.32. The number of amides is 2. The summed E-state index contributed by atoms with van der Waals surface area (Å²) in [5.41, 5.74) is 4.21. The van der Waals surface area contributed by atoms with Crippen LogP contribution in [-0.2, 0) is 10.2 Å². The van der Waals surface area contributed by atoms with Crippen LogP contribution in [0, 0.1) is 0 Å². The number of fused-ring (bicyclic) bond motifs is 2. The molecule has 3 aromatic heterocycles. The average molecular weight is 768 g/mol. The van der Waals surface area contributed by atoms with Gasteiger partial charge in [-0.2, -0.15) is 5.10 Å². The van der Waals surface area contributed by atoms with Crippen LogP contribution in [0.1, 0.15) is 87.3 Å². The minimum atomic E-state index is -0.320. The van der Waals surface area contributed by atoms with Crippen molar-refractivity contribution in [2.24, 2.45) is 0 Å². The molecule has 2 fully saturated rings. The minimum absolute atomic E-state index is 0.171. The number of morpholine rings is 1. The summed E-state index contributed by atoms with van der Waals surface area (Å²) in [6.07, 6.45) is 5.48. The van der Waals surface area contributed by atoms with Gasteiger partial charge in [-0.3, -0.25) is 19.5 Å². The number of rotatable bonds is 10. The Bertz CT molecular complexity index is 2140. The smallest absolute Gasteiger partial charge is 0.320 e. The number of hydrogen-bond acceptors (Lipinski definition) is 9. The van der Waals surface area contributed by atoms with E-state index in [1.165, 1.54) is 0 Å². The maximum Gasteiger partial charge on any atom is 0.320 e. The molecule has 0 radical (unpaired) electrons. The summed E-state index contributed by atoms with van der Waals surface area (Å²) in [7, 11) is 2.14. The van der Waals surface area contributed by atoms with Gasteiger partial charge in [0.05, 0.1) is 47.9 Å². The molecular weight excluding hydrogens is 718 g/mol. The van der Waals surface area contributed by atoms with E-state index in [0.29, 0.717) is 29.6 Å². The van der Waals surface area contributed by atoms with Gasteiger partial charge in [-0.1, -0.05) is 56.6 Å². The molecular formula is C41H50ClN9O4. The van der Waals surface area contributed by atoms with Gasteiger partial charge in [-0.25, -0.2) is 9.48 Å². The number of carbonyl (C=O) groups is 1. The summed E-state index contributed by atoms with van der Waals surface area (Å²) in [5, 5.41) is 20.8. The number of halogens is 1. The number of likely N-dealkylation sites (tertiary alicyclic amines) is 1. The SMILES string of the molecule is CN1CCC[C@H]1c1nnc2ccc(O[C@@H]3CC[C@H](NC(=O)Nc4cc(C(C)(C)C)nn4-c4ccc(Cl)c(OCCN5CCOCC5)c4)c4ccccc43)cn12. The van der Waals surface area contributed by atoms with Gasteiger partial charge >= 0.3 is 6.03 Å². The molecule has 0 saturated carbocycles. The molecule has 2 N–H and O–H groups in total. The molecule has 55 heavy (non-hydrogen) atoms. The summed E-state index contributed by atoms with van der Waals surface area (Å²) < 4.78 is 22.1. The van der Waals surface area contributed by atoms with Crippen molar-refractivity contribution in [2.45, 2.75) is 70.1 Å². The van der Waals surface area contributed by atoms with Crippen molar-refractivity contribution in [3.05, 3.63) is 94.5 Å². The molecule has 2 aliphatic heterocycles. The molecule has 5 heterocycles. The molecule has 5 aromatic rings. The third-order valence-electron chi connectivity index (χ3n) is 10.9. The Hall–Kier alpha value is -4.69. The fourth-order valence-electron chi connectivity index (χ4n) is 7.80. The van der Waals surface area contributed by atoms with Crippen molar-refractivity contribution >= 4 is 29.1 Å². The number of aromatic nitrogens is 5. The Kier molecular flexibility index (Phi) is 10.7. The number of urea groups is 1. The van der Waals surface area contributed by atoms with Crippen molar-refractivity contribution in [3.63, 3.8) is 0 Å². The standard InChI is InChI=1S/C41H50ClN9O4/c1-41(2,3)36-25-38(51(47-36)27-11-13-31(42)35(24-27)54-23-20-49-18-21-53-22-19-49)44-40(52)43-32-14-15-34(30-9-6-5-8-29(30)32)55-28-12-16-37-45-46-39(50(37)26-28)33-10-7-17-48(33)4/h5-6,8-9,11-13,16,24-26,32-34H,7,10,14-15,17-23H2,1-4H3,(H2,43,44,52)/t32-,33-,34+/m0/s1. The number of anilines is 1. The lowest BCUT2D eigenvalue weighted by molar-refractivity contribution is 0.0322. The fourth-order valence-corrected chi connectivity index (χ4v) is 7.97. The zero-order chi connectivity index (χ0) is 38.1. The first-order valence-electron chi connectivity index (χ1n) is 19.3. The van der Waals surface area contributed by atoms with Crippen molar-refractivity contribution in [1.82, 2.24) is 39.5 Å². The summed E-state index contributed by atoms with van der Waals surface area (Å²) >= 11 is 6.58. The second-order valence-corrected chi connectivity index (χ2v) is 16.2. The van der Waals surface area contributed by atoms with Crippen LogP contribution in [0.2, 0.25) is 5.02 Å². The van der Waals surface area contributed by atoms with Crippen LogP contribution in [0.15, 0.2) is 66.9 Å². The lowest BCUT2D eigenvalue weighted by Crippen LogP contribution is -2.38. The van der Waals surface area contributed by atoms with Crippen LogP contribution in [0.25, 0.3) is 11.3 Å². The van der Waals surface area contributed by atoms with Crippen LogP contribution in [0.5, 0.6) is 11.5 Å². The van der Waals surface area contributed by atoms with Gasteiger partial charge in [-0.15, -0.1) is 10.2 Å². The molecule has 14 heteroatoms. The van der Waals surface area contributed by atoms with Crippen molar-refractivity contribution in [3.8, 4) is 17.2 Å². The quantitative estimate of drug-likeness (QED) is 0.153. The van der Waals surface area contributed by atoms with Gasteiger partial charge < -0.3 is 19.5 Å². The highest BCUT2D eigenvalue weighted by atomic mass is 35.5. The van der Waals surface area contributed by atoms with E-state index in [0.717, 1.165) is 98.4 Å². The number of carbonyl (C=O) groups excluding carboxylic acids is 1. The molecule has 1 aliphatic carbocycles. The van der Waals surface area contributed by atoms with Crippen LogP contribution in [0.3, 0.4) is 0 Å². The lowest BCUT2D eigenvalue weighted by atomic mass is 9.85. The molecule has 13 nitrogen and oxygen atoms in total. The molecule has 2 amide bonds. The largest absolute Gasteiger partial charge is 0.491 e. The highest BCUT2D eigenvalue weighted by Crippen LogP contribution is 2.39. The molecule has 290 valence electrons. The van der Waals surface area contributed by atoms with Gasteiger partial charge in [0.2, 0.25) is 0 Å². The second-order valence-electron chi connectivity index (χ2n) is 15.7. The van der Waals surface area contributed by atoms with Crippen molar-refractivity contribution in [2.75, 3.05) is 58.4 Å². The van der Waals surface area contributed by atoms with E-state index in [1.807, 2.05) is 48.7 Å². The van der Waals surface area contributed by atoms with Crippen LogP contribution < -0.4 is 20.1 Å². The average Bonchev–Trinajstić information content (AvgIpc) is 3.92. The second kappa shape index (κ2) is 15.8. The van der Waals surface area contributed by atoms with E-state index in [1.54, 1.807) is 10.7 Å². The van der Waals surface area contributed by atoms with Gasteiger partial charge in [0, 0.05) is 37.2 Å². The maximum atomic E-state index is 13.8. The topological polar surface area (TPSA) is 123 Å². The normalized spacial score (nSPS) is 20.7. The molecule has 0 spiro atoms. The fraction of sp³-hybridized carbons (Fsp3) is 0.463. The summed E-state index contributed by atoms with van der Waals surface area (Å²) in [6, 6.07) is 19.3. The first-order chi connectivity index (χ1) is 26.6. The number of benzene rings is 2. The van der Waals surface area contributed by atoms with Gasteiger partial charge in [0.1, 0.15) is 30.0 Å². The number of nitrogens with one attached hydrogen (secondary N) is 2. The third kappa shape index (κ3) is 8.16. The zero-order valence-electron chi connectivity index (χ0n) is 32.0. The number of ether oxygens (including phenoxy) is 3. The Morgan fingerprint density at radius 3 is 2.58 bits per heavy atom. The number of nitrogens with zero attached hydrogens (tertiary/aromatic N) is 7. The summed E-state index contributed by atoms with van der Waals surface area (Å²) in [4.78, 5) is 18.5. The third-order valence-corrected chi connectivity index (χ3v) is 11.2. The van der Waals surface area contributed by atoms with Gasteiger partial charge in [0.25, 0.3) is 0 Å². The summed E-state index contributed by atoms with van der Waals surface area (Å²) in [6.45, 7) is 11.9. The molecule has 0 bridgehead atoms. The predicted molar refractivity (Wildman–Crippen MR) is 212 cm³/mol. The Labute approximate surface area is 326 Å². The zero-order valence-corrected chi connectivity index (χ0v) is 32.8. The van der Waals surface area contributed by atoms with Crippen LogP contribution in [-0.4, -0.2) is 93.3 Å². The van der Waals surface area contributed by atoms with Crippen LogP contribution in [0.4, 0.5) is 10.6 Å². The lowest BCUT2D eigenvalue weighted by Gasteiger charge is -2.32. The van der Waals surface area contributed by atoms with E-state index < -0.39 is 0 Å². The van der Waals surface area contributed by atoms with E-state index in [-0.39, 0.29) is 29.6 Å². The van der Waals surface area contributed by atoms with E-state index in [4.69, 9.17) is 30.9 Å². The van der Waals surface area contributed by atoms with Crippen LogP contribution >= 0.6 is 11.6 Å². The van der Waals surface area contributed by atoms with Crippen molar-refractivity contribution in [1.29, 1.82) is 0 Å². The molecule has 0 unspecified atom stereocenters. The monoisotopic (exact) mass is 767 g/mol. The molecule has 2 saturated heterocycles. The summed E-state index contributed by atoms with van der Waals surface area (Å²) in [5.74, 6) is 2.81. The molecule has 3 aliphatic rings. The predicted octanol–water partition coefficient (Wildman–Crippen LogP) is 7.12. The Morgan fingerprint density at radius 2 is 1.80 bits per heavy atom. The van der Waals surface area contributed by atoms with Gasteiger partial charge in [0.15, 0.2) is 11.5 Å². The first kappa shape index (κ1) is 37.2. The van der Waals surface area contributed by atoms with E-state index in [2.05, 4.69) is 75.0 Å².